The first kappa shape index (κ1) is 6.43. The Labute approximate surface area is 59.4 Å². The lowest BCUT2D eigenvalue weighted by Gasteiger charge is -1.96. The Morgan fingerprint density at radius 3 is 2.78 bits per heavy atom. The largest absolute Gasteiger partial charge is 0.398 e. The molecular formula is C7H7ClN. The van der Waals surface area contributed by atoms with Crippen LogP contribution < -0.4 is 5.73 Å². The van der Waals surface area contributed by atoms with E-state index in [0.29, 0.717) is 10.7 Å². The van der Waals surface area contributed by atoms with Crippen molar-refractivity contribution >= 4 is 17.3 Å². The fraction of sp³-hybridized carbons (Fsp3) is 0.143. The van der Waals surface area contributed by atoms with Gasteiger partial charge in [-0.15, -0.1) is 0 Å². The van der Waals surface area contributed by atoms with Crippen molar-refractivity contribution in [2.75, 3.05) is 5.73 Å². The van der Waals surface area contributed by atoms with Gasteiger partial charge in [-0.1, -0.05) is 11.6 Å². The number of nitrogens with two attached hydrogens (primary N) is 1. The number of halogens is 1. The van der Waals surface area contributed by atoms with Crippen LogP contribution in [0.3, 0.4) is 0 Å². The average molecular weight is 141 g/mol. The van der Waals surface area contributed by atoms with Crippen LogP contribution in [-0.4, -0.2) is 0 Å². The molecule has 0 heterocycles. The van der Waals surface area contributed by atoms with Crippen molar-refractivity contribution < 1.29 is 0 Å². The van der Waals surface area contributed by atoms with Crippen molar-refractivity contribution in [1.82, 2.24) is 0 Å². The number of nitrogen functional groups attached to an aromatic ring is 1. The number of benzene rings is 1. The summed E-state index contributed by atoms with van der Waals surface area (Å²) in [7, 11) is 0. The third-order valence-electron chi connectivity index (χ3n) is 1.14. The quantitative estimate of drug-likeness (QED) is 0.549. The maximum atomic E-state index is 5.63. The van der Waals surface area contributed by atoms with E-state index in [1.807, 2.05) is 13.0 Å². The summed E-state index contributed by atoms with van der Waals surface area (Å²) in [5.74, 6) is 0. The lowest BCUT2D eigenvalue weighted by molar-refractivity contribution is 1.47. The van der Waals surface area contributed by atoms with Crippen LogP contribution in [0.25, 0.3) is 0 Å². The Kier molecular flexibility index (Phi) is 1.63. The van der Waals surface area contributed by atoms with E-state index in [9.17, 15) is 0 Å². The normalized spacial score (nSPS) is 9.56. The van der Waals surface area contributed by atoms with Gasteiger partial charge in [0.2, 0.25) is 0 Å². The second-order valence-electron chi connectivity index (χ2n) is 1.91. The van der Waals surface area contributed by atoms with Crippen LogP contribution in [0.2, 0.25) is 5.02 Å². The molecule has 1 rings (SSSR count). The van der Waals surface area contributed by atoms with Crippen molar-refractivity contribution in [2.24, 2.45) is 0 Å². The molecule has 0 saturated carbocycles. The molecule has 0 unspecified atom stereocenters. The van der Waals surface area contributed by atoms with Gasteiger partial charge in [-0.05, 0) is 24.6 Å². The molecule has 0 aliphatic heterocycles. The predicted molar refractivity (Wildman–Crippen MR) is 39.4 cm³/mol. The van der Waals surface area contributed by atoms with Gasteiger partial charge in [0.15, 0.2) is 0 Å². The summed E-state index contributed by atoms with van der Waals surface area (Å²) in [4.78, 5) is 0. The van der Waals surface area contributed by atoms with Crippen molar-refractivity contribution in [2.45, 2.75) is 6.92 Å². The molecule has 0 bridgehead atoms. The smallest absolute Gasteiger partial charge is 0.0425 e. The highest BCUT2D eigenvalue weighted by Crippen LogP contribution is 2.15. The second-order valence-corrected chi connectivity index (χ2v) is 2.35. The minimum absolute atomic E-state index is 0.666. The van der Waals surface area contributed by atoms with Gasteiger partial charge in [0, 0.05) is 16.8 Å². The average Bonchev–Trinajstić information content (AvgIpc) is 1.80. The summed E-state index contributed by atoms with van der Waals surface area (Å²) in [5, 5.41) is 0.682. The second kappa shape index (κ2) is 2.28. The van der Waals surface area contributed by atoms with E-state index < -0.39 is 0 Å². The van der Waals surface area contributed by atoms with Crippen LogP contribution in [0.1, 0.15) is 5.56 Å². The van der Waals surface area contributed by atoms with E-state index in [2.05, 4.69) is 6.07 Å². The van der Waals surface area contributed by atoms with E-state index in [-0.39, 0.29) is 0 Å². The van der Waals surface area contributed by atoms with Gasteiger partial charge in [0.25, 0.3) is 0 Å². The zero-order valence-electron chi connectivity index (χ0n) is 5.11. The zero-order chi connectivity index (χ0) is 6.85. The minimum Gasteiger partial charge on any atom is -0.398 e. The van der Waals surface area contributed by atoms with Gasteiger partial charge in [-0.3, -0.25) is 0 Å². The zero-order valence-corrected chi connectivity index (χ0v) is 5.87. The van der Waals surface area contributed by atoms with E-state index >= 15 is 0 Å². The Morgan fingerprint density at radius 1 is 1.67 bits per heavy atom. The highest BCUT2D eigenvalue weighted by Gasteiger charge is 1.91. The first-order valence-electron chi connectivity index (χ1n) is 2.63. The van der Waals surface area contributed by atoms with Crippen molar-refractivity contribution in [3.63, 3.8) is 0 Å². The highest BCUT2D eigenvalue weighted by molar-refractivity contribution is 6.30. The number of anilines is 1. The van der Waals surface area contributed by atoms with Gasteiger partial charge < -0.3 is 5.73 Å². The monoisotopic (exact) mass is 140 g/mol. The molecule has 0 fully saturated rings. The van der Waals surface area contributed by atoms with Gasteiger partial charge >= 0.3 is 0 Å². The highest BCUT2D eigenvalue weighted by atomic mass is 35.5. The van der Waals surface area contributed by atoms with E-state index in [4.69, 9.17) is 17.3 Å². The topological polar surface area (TPSA) is 26.0 Å². The van der Waals surface area contributed by atoms with Crippen LogP contribution >= 0.6 is 11.6 Å². The van der Waals surface area contributed by atoms with Crippen molar-refractivity contribution in [3.05, 3.63) is 28.8 Å². The number of aryl methyl sites for hydroxylation is 1. The van der Waals surface area contributed by atoms with Gasteiger partial charge in [-0.2, -0.15) is 0 Å². The minimum atomic E-state index is 0.666. The summed E-state index contributed by atoms with van der Waals surface area (Å²) in [6.45, 7) is 1.90. The van der Waals surface area contributed by atoms with Crippen molar-refractivity contribution in [3.8, 4) is 0 Å². The molecule has 0 aromatic heterocycles. The summed E-state index contributed by atoms with van der Waals surface area (Å²) in [6, 6.07) is 6.28. The first-order valence-corrected chi connectivity index (χ1v) is 3.01. The predicted octanol–water partition coefficient (Wildman–Crippen LogP) is 2.03. The molecule has 0 spiro atoms. The third-order valence-corrected chi connectivity index (χ3v) is 1.36. The molecule has 1 nitrogen and oxygen atoms in total. The van der Waals surface area contributed by atoms with Crippen LogP contribution in [0, 0.1) is 13.0 Å². The third kappa shape index (κ3) is 1.36. The van der Waals surface area contributed by atoms with E-state index in [0.717, 1.165) is 5.56 Å². The number of rotatable bonds is 0. The standard InChI is InChI=1S/C7H7ClN/c1-5-4-6(8)2-3-7(5)9/h2,4H,9H2,1H3. The Morgan fingerprint density at radius 2 is 2.33 bits per heavy atom. The molecule has 0 aliphatic carbocycles. The molecule has 9 heavy (non-hydrogen) atoms. The number of hydrogen-bond donors (Lipinski definition) is 1. The summed E-state index contributed by atoms with van der Waals surface area (Å²) >= 11 is 5.63. The molecule has 0 atom stereocenters. The van der Waals surface area contributed by atoms with Gasteiger partial charge in [0.05, 0.1) is 0 Å². The molecule has 0 amide bonds. The molecule has 2 N–H and O–H groups in total. The maximum Gasteiger partial charge on any atom is 0.0425 e. The van der Waals surface area contributed by atoms with Gasteiger partial charge in [-0.25, -0.2) is 0 Å². The van der Waals surface area contributed by atoms with Crippen molar-refractivity contribution in [1.29, 1.82) is 0 Å². The van der Waals surface area contributed by atoms with E-state index in [1.54, 1.807) is 6.07 Å². The van der Waals surface area contributed by atoms with E-state index in [1.165, 1.54) is 0 Å². The Hall–Kier alpha value is -0.690. The fourth-order valence-corrected chi connectivity index (χ4v) is 0.805. The van der Waals surface area contributed by atoms with Crippen LogP contribution in [-0.2, 0) is 0 Å². The molecule has 1 aromatic rings. The molecule has 1 aromatic carbocycles. The Bertz CT molecular complexity index is 220. The number of hydrogen-bond acceptors (Lipinski definition) is 1. The fourth-order valence-electron chi connectivity index (χ4n) is 0.587. The maximum absolute atomic E-state index is 5.63. The first-order chi connectivity index (χ1) is 4.20. The molecular weight excluding hydrogens is 134 g/mol. The lowest BCUT2D eigenvalue weighted by atomic mass is 10.2. The van der Waals surface area contributed by atoms with Crippen LogP contribution in [0.5, 0.6) is 0 Å². The molecule has 0 saturated heterocycles. The molecule has 47 valence electrons. The Balaban J connectivity index is 3.17. The summed E-state index contributed by atoms with van der Waals surface area (Å²) < 4.78 is 0. The molecule has 1 radical (unpaired) electrons. The summed E-state index contributed by atoms with van der Waals surface area (Å²) in [5.41, 5.74) is 7.12. The molecule has 0 aliphatic rings. The summed E-state index contributed by atoms with van der Waals surface area (Å²) in [6.07, 6.45) is 0. The molecule has 2 heteroatoms. The SMILES string of the molecule is Cc1cc(Cl)c[c]c1N. The van der Waals surface area contributed by atoms with Crippen LogP contribution in [0.15, 0.2) is 12.1 Å². The van der Waals surface area contributed by atoms with Crippen LogP contribution in [0.4, 0.5) is 5.69 Å². The lowest BCUT2D eigenvalue weighted by Crippen LogP contribution is -1.87. The van der Waals surface area contributed by atoms with Gasteiger partial charge in [0.1, 0.15) is 0 Å².